The predicted octanol–water partition coefficient (Wildman–Crippen LogP) is 2.69. The van der Waals surface area contributed by atoms with E-state index in [1.54, 1.807) is 6.20 Å². The van der Waals surface area contributed by atoms with Crippen molar-refractivity contribution in [3.8, 4) is 0 Å². The maximum atomic E-state index is 5.62. The number of nitrogens with two attached hydrogens (primary N) is 1. The minimum absolute atomic E-state index is 0.705. The van der Waals surface area contributed by atoms with Crippen molar-refractivity contribution in [3.63, 3.8) is 0 Å². The summed E-state index contributed by atoms with van der Waals surface area (Å²) < 4.78 is 0. The SMILES string of the molecule is CCN(Cc1ccc(N)cn1)c1ccccc1. The maximum Gasteiger partial charge on any atom is 0.0601 e. The molecule has 0 aliphatic carbocycles. The van der Waals surface area contributed by atoms with Crippen LogP contribution >= 0.6 is 0 Å². The molecule has 0 fully saturated rings. The summed E-state index contributed by atoms with van der Waals surface area (Å²) in [6.07, 6.45) is 1.70. The Hall–Kier alpha value is -2.03. The van der Waals surface area contributed by atoms with E-state index in [9.17, 15) is 0 Å². The normalized spacial score (nSPS) is 10.2. The summed E-state index contributed by atoms with van der Waals surface area (Å²) in [6, 6.07) is 14.2. The average Bonchev–Trinajstić information content (AvgIpc) is 2.39. The number of hydrogen-bond donors (Lipinski definition) is 1. The number of hydrogen-bond acceptors (Lipinski definition) is 3. The van der Waals surface area contributed by atoms with Gasteiger partial charge in [-0.25, -0.2) is 0 Å². The first-order valence-corrected chi connectivity index (χ1v) is 5.80. The molecule has 0 aliphatic heterocycles. The average molecular weight is 227 g/mol. The second kappa shape index (κ2) is 5.34. The van der Waals surface area contributed by atoms with Crippen molar-refractivity contribution in [2.45, 2.75) is 13.5 Å². The smallest absolute Gasteiger partial charge is 0.0601 e. The summed E-state index contributed by atoms with van der Waals surface area (Å²) in [5.74, 6) is 0. The van der Waals surface area contributed by atoms with Gasteiger partial charge >= 0.3 is 0 Å². The van der Waals surface area contributed by atoms with Crippen molar-refractivity contribution < 1.29 is 0 Å². The van der Waals surface area contributed by atoms with Crippen LogP contribution in [-0.4, -0.2) is 11.5 Å². The van der Waals surface area contributed by atoms with E-state index >= 15 is 0 Å². The summed E-state index contributed by atoms with van der Waals surface area (Å²) in [4.78, 5) is 6.60. The largest absolute Gasteiger partial charge is 0.397 e. The summed E-state index contributed by atoms with van der Waals surface area (Å²) in [6.45, 7) is 3.90. The highest BCUT2D eigenvalue weighted by Crippen LogP contribution is 2.15. The van der Waals surface area contributed by atoms with Crippen LogP contribution in [-0.2, 0) is 6.54 Å². The fraction of sp³-hybridized carbons (Fsp3) is 0.214. The van der Waals surface area contributed by atoms with Gasteiger partial charge < -0.3 is 10.6 Å². The van der Waals surface area contributed by atoms with Crippen LogP contribution in [0.25, 0.3) is 0 Å². The van der Waals surface area contributed by atoms with E-state index in [-0.39, 0.29) is 0 Å². The van der Waals surface area contributed by atoms with Gasteiger partial charge in [-0.2, -0.15) is 0 Å². The molecule has 2 rings (SSSR count). The highest BCUT2D eigenvalue weighted by atomic mass is 15.1. The zero-order valence-electron chi connectivity index (χ0n) is 10.0. The Labute approximate surface area is 102 Å². The summed E-state index contributed by atoms with van der Waals surface area (Å²) in [5, 5.41) is 0. The number of para-hydroxylation sites is 1. The standard InChI is InChI=1S/C14H17N3/c1-2-17(14-6-4-3-5-7-14)11-13-9-8-12(15)10-16-13/h3-10H,2,11,15H2,1H3. The molecule has 0 saturated heterocycles. The Balaban J connectivity index is 2.13. The van der Waals surface area contributed by atoms with Crippen molar-refractivity contribution in [1.29, 1.82) is 0 Å². The van der Waals surface area contributed by atoms with Gasteiger partial charge in [0.2, 0.25) is 0 Å². The quantitative estimate of drug-likeness (QED) is 0.873. The lowest BCUT2D eigenvalue weighted by molar-refractivity contribution is 0.810. The maximum absolute atomic E-state index is 5.62. The third-order valence-electron chi connectivity index (χ3n) is 2.70. The first-order chi connectivity index (χ1) is 8.29. The van der Waals surface area contributed by atoms with Crippen LogP contribution in [0.4, 0.5) is 11.4 Å². The van der Waals surface area contributed by atoms with Crippen LogP contribution < -0.4 is 10.6 Å². The number of nitrogens with zero attached hydrogens (tertiary/aromatic N) is 2. The van der Waals surface area contributed by atoms with E-state index in [1.807, 2.05) is 18.2 Å². The number of rotatable bonds is 4. The highest BCUT2D eigenvalue weighted by molar-refractivity contribution is 5.46. The Bertz CT molecular complexity index is 451. The molecule has 17 heavy (non-hydrogen) atoms. The predicted molar refractivity (Wildman–Crippen MR) is 71.8 cm³/mol. The van der Waals surface area contributed by atoms with Gasteiger partial charge in [0.05, 0.1) is 24.1 Å². The third kappa shape index (κ3) is 2.97. The fourth-order valence-corrected chi connectivity index (χ4v) is 1.75. The molecule has 0 aliphatic rings. The molecule has 0 saturated carbocycles. The van der Waals surface area contributed by atoms with Crippen molar-refractivity contribution >= 4 is 11.4 Å². The number of pyridine rings is 1. The fourth-order valence-electron chi connectivity index (χ4n) is 1.75. The molecule has 0 radical (unpaired) electrons. The van der Waals surface area contributed by atoms with E-state index in [1.165, 1.54) is 5.69 Å². The van der Waals surface area contributed by atoms with Crippen LogP contribution in [0.5, 0.6) is 0 Å². The summed E-state index contributed by atoms with van der Waals surface area (Å²) in [7, 11) is 0. The van der Waals surface area contributed by atoms with E-state index < -0.39 is 0 Å². The van der Waals surface area contributed by atoms with E-state index in [0.29, 0.717) is 5.69 Å². The first-order valence-electron chi connectivity index (χ1n) is 5.80. The highest BCUT2D eigenvalue weighted by Gasteiger charge is 2.05. The zero-order chi connectivity index (χ0) is 12.1. The monoisotopic (exact) mass is 227 g/mol. The van der Waals surface area contributed by atoms with Gasteiger partial charge in [0.25, 0.3) is 0 Å². The molecule has 0 spiro atoms. The summed E-state index contributed by atoms with van der Waals surface area (Å²) in [5.41, 5.74) is 8.58. The molecule has 3 nitrogen and oxygen atoms in total. The van der Waals surface area contributed by atoms with E-state index in [4.69, 9.17) is 5.73 Å². The molecule has 2 N–H and O–H groups in total. The Kier molecular flexibility index (Phi) is 3.60. The Morgan fingerprint density at radius 2 is 1.88 bits per heavy atom. The topological polar surface area (TPSA) is 42.1 Å². The van der Waals surface area contributed by atoms with Crippen molar-refractivity contribution in [3.05, 3.63) is 54.4 Å². The molecule has 88 valence electrons. The molecule has 0 unspecified atom stereocenters. The van der Waals surface area contributed by atoms with Crippen LogP contribution in [0.2, 0.25) is 0 Å². The number of benzene rings is 1. The lowest BCUT2D eigenvalue weighted by Crippen LogP contribution is -2.22. The molecule has 2 aromatic rings. The Morgan fingerprint density at radius 1 is 1.12 bits per heavy atom. The van der Waals surface area contributed by atoms with Crippen LogP contribution in [0.3, 0.4) is 0 Å². The molecule has 0 bridgehead atoms. The van der Waals surface area contributed by atoms with E-state index in [2.05, 4.69) is 41.1 Å². The summed E-state index contributed by atoms with van der Waals surface area (Å²) >= 11 is 0. The van der Waals surface area contributed by atoms with Crippen LogP contribution in [0.1, 0.15) is 12.6 Å². The van der Waals surface area contributed by atoms with Gasteiger partial charge in [0, 0.05) is 12.2 Å². The number of nitrogen functional groups attached to an aromatic ring is 1. The van der Waals surface area contributed by atoms with Gasteiger partial charge in [0.15, 0.2) is 0 Å². The minimum Gasteiger partial charge on any atom is -0.397 e. The van der Waals surface area contributed by atoms with Crippen LogP contribution in [0.15, 0.2) is 48.7 Å². The number of aromatic nitrogens is 1. The lowest BCUT2D eigenvalue weighted by Gasteiger charge is -2.22. The first kappa shape index (κ1) is 11.5. The Morgan fingerprint density at radius 3 is 2.47 bits per heavy atom. The minimum atomic E-state index is 0.705. The second-order valence-electron chi connectivity index (χ2n) is 3.93. The second-order valence-corrected chi connectivity index (χ2v) is 3.93. The van der Waals surface area contributed by atoms with Gasteiger partial charge in [-0.05, 0) is 31.2 Å². The third-order valence-corrected chi connectivity index (χ3v) is 2.70. The molecule has 3 heteroatoms. The molecule has 0 amide bonds. The molecule has 1 aromatic carbocycles. The van der Waals surface area contributed by atoms with Crippen molar-refractivity contribution in [2.75, 3.05) is 17.2 Å². The van der Waals surface area contributed by atoms with Crippen molar-refractivity contribution in [2.24, 2.45) is 0 Å². The van der Waals surface area contributed by atoms with E-state index in [0.717, 1.165) is 18.8 Å². The van der Waals surface area contributed by atoms with Gasteiger partial charge in [-0.1, -0.05) is 18.2 Å². The zero-order valence-corrected chi connectivity index (χ0v) is 10.0. The molecular formula is C14H17N3. The molecule has 0 atom stereocenters. The van der Waals surface area contributed by atoms with Crippen LogP contribution in [0, 0.1) is 0 Å². The molecule has 1 heterocycles. The lowest BCUT2D eigenvalue weighted by atomic mass is 10.2. The molecule has 1 aromatic heterocycles. The van der Waals surface area contributed by atoms with Gasteiger partial charge in [-0.15, -0.1) is 0 Å². The van der Waals surface area contributed by atoms with Gasteiger partial charge in [-0.3, -0.25) is 4.98 Å². The molecular weight excluding hydrogens is 210 g/mol. The van der Waals surface area contributed by atoms with Crippen molar-refractivity contribution in [1.82, 2.24) is 4.98 Å². The van der Waals surface area contributed by atoms with Gasteiger partial charge in [0.1, 0.15) is 0 Å². The number of anilines is 2.